The summed E-state index contributed by atoms with van der Waals surface area (Å²) in [6.45, 7) is 11.2. The summed E-state index contributed by atoms with van der Waals surface area (Å²) in [6.07, 6.45) is 0. The summed E-state index contributed by atoms with van der Waals surface area (Å²) in [5.41, 5.74) is 8.52. The standard InChI is InChI=1S/C18H22BF/c1-11-7-9-17(15(5)13(11)3)19(20)18-10-8-12(2)14(4)16(18)6/h7-10H,1-6H3. The molecule has 0 fully saturated rings. The van der Waals surface area contributed by atoms with Gasteiger partial charge in [0.05, 0.1) is 0 Å². The van der Waals surface area contributed by atoms with Crippen molar-refractivity contribution in [1.82, 2.24) is 0 Å². The molecule has 0 heterocycles. The van der Waals surface area contributed by atoms with Crippen molar-refractivity contribution in [3.63, 3.8) is 0 Å². The topological polar surface area (TPSA) is 0 Å². The van der Waals surface area contributed by atoms with E-state index < -0.39 is 6.99 Å². The molecule has 0 bridgehead atoms. The minimum atomic E-state index is -1.05. The van der Waals surface area contributed by atoms with Gasteiger partial charge in [0.15, 0.2) is 0 Å². The zero-order valence-corrected chi connectivity index (χ0v) is 13.3. The highest BCUT2D eigenvalue weighted by atomic mass is 19.1. The van der Waals surface area contributed by atoms with Gasteiger partial charge in [0, 0.05) is 0 Å². The first kappa shape index (κ1) is 14.8. The maximum atomic E-state index is 15.0. The van der Waals surface area contributed by atoms with Crippen LogP contribution in [0.25, 0.3) is 0 Å². The molecule has 0 aliphatic rings. The maximum Gasteiger partial charge on any atom is 0.414 e. The summed E-state index contributed by atoms with van der Waals surface area (Å²) in [5, 5.41) is 0. The first-order valence-corrected chi connectivity index (χ1v) is 7.12. The molecule has 0 saturated heterocycles. The number of aryl methyl sites for hydroxylation is 2. The Morgan fingerprint density at radius 1 is 0.600 bits per heavy atom. The first-order valence-electron chi connectivity index (χ1n) is 7.12. The summed E-state index contributed by atoms with van der Waals surface area (Å²) in [5.74, 6) is 0. The van der Waals surface area contributed by atoms with Crippen LogP contribution in [0.4, 0.5) is 4.32 Å². The van der Waals surface area contributed by atoms with E-state index in [2.05, 4.69) is 27.7 Å². The molecule has 0 atom stereocenters. The van der Waals surface area contributed by atoms with Crippen molar-refractivity contribution in [2.45, 2.75) is 41.5 Å². The van der Waals surface area contributed by atoms with E-state index in [1.165, 1.54) is 22.3 Å². The van der Waals surface area contributed by atoms with Gasteiger partial charge in [-0.3, -0.25) is 0 Å². The van der Waals surface area contributed by atoms with Crippen LogP contribution in [0.1, 0.15) is 33.4 Å². The summed E-state index contributed by atoms with van der Waals surface area (Å²) in [7, 11) is 0. The Kier molecular flexibility index (Phi) is 4.03. The van der Waals surface area contributed by atoms with Crippen molar-refractivity contribution in [3.05, 3.63) is 57.6 Å². The van der Waals surface area contributed by atoms with Gasteiger partial charge in [0.1, 0.15) is 0 Å². The first-order chi connectivity index (χ1) is 9.34. The Labute approximate surface area is 122 Å². The van der Waals surface area contributed by atoms with Crippen molar-refractivity contribution < 1.29 is 4.32 Å². The predicted molar refractivity (Wildman–Crippen MR) is 87.4 cm³/mol. The second-order valence-corrected chi connectivity index (χ2v) is 5.81. The average molecular weight is 268 g/mol. The number of benzene rings is 2. The largest absolute Gasteiger partial charge is 0.414 e. The highest BCUT2D eigenvalue weighted by molar-refractivity contribution is 6.80. The second-order valence-electron chi connectivity index (χ2n) is 5.81. The van der Waals surface area contributed by atoms with Crippen LogP contribution in [-0.4, -0.2) is 6.99 Å². The minimum absolute atomic E-state index is 0.791. The molecule has 2 aromatic rings. The molecule has 0 aromatic heterocycles. The lowest BCUT2D eigenvalue weighted by molar-refractivity contribution is 0.863. The minimum Gasteiger partial charge on any atom is -0.322 e. The van der Waals surface area contributed by atoms with E-state index in [1.807, 2.05) is 38.1 Å². The van der Waals surface area contributed by atoms with Crippen LogP contribution in [0.3, 0.4) is 0 Å². The van der Waals surface area contributed by atoms with E-state index in [9.17, 15) is 0 Å². The van der Waals surface area contributed by atoms with Crippen molar-refractivity contribution >= 4 is 17.9 Å². The van der Waals surface area contributed by atoms with Crippen LogP contribution in [0.5, 0.6) is 0 Å². The lowest BCUT2D eigenvalue weighted by atomic mass is 9.55. The lowest BCUT2D eigenvalue weighted by Crippen LogP contribution is -2.42. The molecular weight excluding hydrogens is 246 g/mol. The summed E-state index contributed by atoms with van der Waals surface area (Å²) >= 11 is 0. The van der Waals surface area contributed by atoms with E-state index in [-0.39, 0.29) is 0 Å². The fourth-order valence-electron chi connectivity index (χ4n) is 2.67. The molecule has 0 saturated carbocycles. The average Bonchev–Trinajstić information content (AvgIpc) is 2.42. The van der Waals surface area contributed by atoms with Gasteiger partial charge in [-0.05, 0) is 74.7 Å². The van der Waals surface area contributed by atoms with E-state index in [4.69, 9.17) is 0 Å². The zero-order valence-electron chi connectivity index (χ0n) is 13.3. The molecule has 0 nitrogen and oxygen atoms in total. The normalized spacial score (nSPS) is 10.8. The zero-order chi connectivity index (χ0) is 15.0. The van der Waals surface area contributed by atoms with Crippen LogP contribution < -0.4 is 10.9 Å². The van der Waals surface area contributed by atoms with Crippen LogP contribution >= 0.6 is 0 Å². The summed E-state index contributed by atoms with van der Waals surface area (Å²) in [4.78, 5) is 0. The number of hydrogen-bond donors (Lipinski definition) is 0. The van der Waals surface area contributed by atoms with Gasteiger partial charge in [0.25, 0.3) is 0 Å². The molecule has 20 heavy (non-hydrogen) atoms. The third-order valence-corrected chi connectivity index (χ3v) is 4.75. The Bertz CT molecular complexity index is 601. The number of rotatable bonds is 2. The summed E-state index contributed by atoms with van der Waals surface area (Å²) in [6, 6.07) is 7.88. The predicted octanol–water partition coefficient (Wildman–Crippen LogP) is 3.61. The van der Waals surface area contributed by atoms with Gasteiger partial charge in [-0.25, -0.2) is 0 Å². The quantitative estimate of drug-likeness (QED) is 0.730. The molecule has 0 spiro atoms. The van der Waals surface area contributed by atoms with Gasteiger partial charge >= 0.3 is 6.99 Å². The molecule has 0 unspecified atom stereocenters. The van der Waals surface area contributed by atoms with Crippen molar-refractivity contribution in [2.24, 2.45) is 0 Å². The molecule has 0 N–H and O–H groups in total. The van der Waals surface area contributed by atoms with E-state index in [1.54, 1.807) is 0 Å². The molecular formula is C18H22BF. The molecule has 0 aliphatic carbocycles. The number of hydrogen-bond acceptors (Lipinski definition) is 0. The fourth-order valence-corrected chi connectivity index (χ4v) is 2.67. The number of halogens is 1. The fraction of sp³-hybridized carbons (Fsp3) is 0.333. The second kappa shape index (κ2) is 5.44. The highest BCUT2D eigenvalue weighted by Gasteiger charge is 2.25. The van der Waals surface area contributed by atoms with Crippen molar-refractivity contribution in [3.8, 4) is 0 Å². The monoisotopic (exact) mass is 268 g/mol. The lowest BCUT2D eigenvalue weighted by Gasteiger charge is -2.16. The smallest absolute Gasteiger partial charge is 0.322 e. The molecule has 0 aliphatic heterocycles. The van der Waals surface area contributed by atoms with Gasteiger partial charge in [-0.2, -0.15) is 0 Å². The molecule has 104 valence electrons. The molecule has 2 aromatic carbocycles. The molecule has 0 amide bonds. The van der Waals surface area contributed by atoms with E-state index >= 15 is 4.32 Å². The van der Waals surface area contributed by atoms with Gasteiger partial charge in [-0.1, -0.05) is 35.4 Å². The third-order valence-electron chi connectivity index (χ3n) is 4.75. The van der Waals surface area contributed by atoms with Crippen LogP contribution in [0.2, 0.25) is 0 Å². The molecule has 0 radical (unpaired) electrons. The molecule has 2 rings (SSSR count). The van der Waals surface area contributed by atoms with E-state index in [0.717, 1.165) is 22.1 Å². The SMILES string of the molecule is Cc1ccc(B(F)c2ccc(C)c(C)c2C)c(C)c1C. The summed E-state index contributed by atoms with van der Waals surface area (Å²) < 4.78 is 15.0. The van der Waals surface area contributed by atoms with Crippen LogP contribution in [0, 0.1) is 41.5 Å². The van der Waals surface area contributed by atoms with Crippen molar-refractivity contribution in [1.29, 1.82) is 0 Å². The maximum absolute atomic E-state index is 15.0. The van der Waals surface area contributed by atoms with Crippen molar-refractivity contribution in [2.75, 3.05) is 0 Å². The molecule has 2 heteroatoms. The Morgan fingerprint density at radius 3 is 1.30 bits per heavy atom. The van der Waals surface area contributed by atoms with Gasteiger partial charge in [0.2, 0.25) is 0 Å². The Hall–Kier alpha value is -1.57. The third kappa shape index (κ3) is 2.39. The van der Waals surface area contributed by atoms with Crippen LogP contribution in [0.15, 0.2) is 24.3 Å². The highest BCUT2D eigenvalue weighted by Crippen LogP contribution is 2.14. The van der Waals surface area contributed by atoms with Crippen LogP contribution in [-0.2, 0) is 0 Å². The van der Waals surface area contributed by atoms with Gasteiger partial charge < -0.3 is 4.32 Å². The Balaban J connectivity index is 2.55. The van der Waals surface area contributed by atoms with Gasteiger partial charge in [-0.15, -0.1) is 0 Å². The Morgan fingerprint density at radius 2 is 0.950 bits per heavy atom. The van der Waals surface area contributed by atoms with E-state index in [0.29, 0.717) is 0 Å².